The van der Waals surface area contributed by atoms with Crippen molar-refractivity contribution < 1.29 is 27.5 Å². The first-order valence-electron chi connectivity index (χ1n) is 9.53. The molecule has 1 aromatic rings. The molecule has 0 aliphatic rings. The summed E-state index contributed by atoms with van der Waals surface area (Å²) in [4.78, 5) is 22.6. The highest BCUT2D eigenvalue weighted by atomic mass is 32.2. The SMILES string of the molecule is CCOC(=O)CS(=O)(=O)Nc1cc(C(C)C)ccc1CC(NC=O)OC(C)(C)C. The minimum Gasteiger partial charge on any atom is -0.465 e. The number of benzene rings is 1. The monoisotopic (exact) mass is 428 g/mol. The fourth-order valence-electron chi connectivity index (χ4n) is 2.62. The maximum absolute atomic E-state index is 12.4. The van der Waals surface area contributed by atoms with E-state index in [2.05, 4.69) is 10.0 Å². The Hall–Kier alpha value is -2.13. The molecule has 1 aromatic carbocycles. The molecule has 0 aromatic heterocycles. The Bertz CT molecular complexity index is 800. The maximum atomic E-state index is 12.4. The zero-order chi connectivity index (χ0) is 22.2. The zero-order valence-corrected chi connectivity index (χ0v) is 18.8. The normalized spacial score (nSPS) is 13.1. The lowest BCUT2D eigenvalue weighted by Crippen LogP contribution is -2.39. The van der Waals surface area contributed by atoms with Crippen LogP contribution in [0.4, 0.5) is 5.69 Å². The van der Waals surface area contributed by atoms with Crippen LogP contribution >= 0.6 is 0 Å². The van der Waals surface area contributed by atoms with Crippen molar-refractivity contribution in [3.05, 3.63) is 29.3 Å². The second kappa shape index (κ2) is 10.6. The Kier molecular flexibility index (Phi) is 9.10. The Morgan fingerprint density at radius 2 is 1.90 bits per heavy atom. The van der Waals surface area contributed by atoms with E-state index in [4.69, 9.17) is 9.47 Å². The van der Waals surface area contributed by atoms with Crippen molar-refractivity contribution in [2.45, 2.75) is 65.7 Å². The number of ether oxygens (including phenoxy) is 2. The fourth-order valence-corrected chi connectivity index (χ4v) is 3.62. The molecule has 0 saturated carbocycles. The maximum Gasteiger partial charge on any atom is 0.323 e. The fraction of sp³-hybridized carbons (Fsp3) is 0.600. The molecule has 1 amide bonds. The van der Waals surface area contributed by atoms with E-state index in [1.165, 1.54) is 0 Å². The number of rotatable bonds is 11. The Balaban J connectivity index is 3.20. The van der Waals surface area contributed by atoms with E-state index in [0.717, 1.165) is 5.56 Å². The number of anilines is 1. The molecule has 8 nitrogen and oxygen atoms in total. The largest absolute Gasteiger partial charge is 0.465 e. The van der Waals surface area contributed by atoms with Crippen molar-refractivity contribution >= 4 is 28.1 Å². The number of hydrogen-bond acceptors (Lipinski definition) is 6. The highest BCUT2D eigenvalue weighted by Crippen LogP contribution is 2.26. The van der Waals surface area contributed by atoms with Crippen molar-refractivity contribution in [3.63, 3.8) is 0 Å². The van der Waals surface area contributed by atoms with Gasteiger partial charge in [0.1, 0.15) is 6.23 Å². The van der Waals surface area contributed by atoms with E-state index in [-0.39, 0.29) is 18.9 Å². The van der Waals surface area contributed by atoms with Crippen LogP contribution in [0.25, 0.3) is 0 Å². The Morgan fingerprint density at radius 1 is 1.24 bits per heavy atom. The molecular formula is C20H32N2O6S. The molecule has 0 spiro atoms. The van der Waals surface area contributed by atoms with Gasteiger partial charge in [-0.2, -0.15) is 0 Å². The molecule has 0 fully saturated rings. The summed E-state index contributed by atoms with van der Waals surface area (Å²) in [5.74, 6) is -1.43. The average Bonchev–Trinajstić information content (AvgIpc) is 2.54. The lowest BCUT2D eigenvalue weighted by atomic mass is 9.99. The second-order valence-corrected chi connectivity index (χ2v) is 9.67. The third kappa shape index (κ3) is 9.27. The van der Waals surface area contributed by atoms with Crippen LogP contribution in [0.3, 0.4) is 0 Å². The van der Waals surface area contributed by atoms with Crippen molar-refractivity contribution in [2.75, 3.05) is 17.1 Å². The van der Waals surface area contributed by atoms with Gasteiger partial charge in [0.15, 0.2) is 5.75 Å². The quantitative estimate of drug-likeness (QED) is 0.318. The third-order valence-corrected chi connectivity index (χ3v) is 4.98. The first kappa shape index (κ1) is 24.9. The van der Waals surface area contributed by atoms with Gasteiger partial charge in [0.25, 0.3) is 0 Å². The van der Waals surface area contributed by atoms with Gasteiger partial charge in [-0.3, -0.25) is 14.3 Å². The molecule has 0 bridgehead atoms. The van der Waals surface area contributed by atoms with Crippen molar-refractivity contribution in [1.29, 1.82) is 0 Å². The van der Waals surface area contributed by atoms with Crippen molar-refractivity contribution in [3.8, 4) is 0 Å². The number of amides is 1. The zero-order valence-electron chi connectivity index (χ0n) is 17.9. The van der Waals surface area contributed by atoms with Crippen LogP contribution in [-0.4, -0.2) is 45.0 Å². The summed E-state index contributed by atoms with van der Waals surface area (Å²) in [5.41, 5.74) is 1.39. The molecule has 1 unspecified atom stereocenters. The number of nitrogens with one attached hydrogen (secondary N) is 2. The van der Waals surface area contributed by atoms with Gasteiger partial charge in [0, 0.05) is 6.42 Å². The van der Waals surface area contributed by atoms with Crippen molar-refractivity contribution in [2.24, 2.45) is 0 Å². The van der Waals surface area contributed by atoms with Crippen LogP contribution in [0.15, 0.2) is 18.2 Å². The molecule has 9 heteroatoms. The molecule has 0 heterocycles. The van der Waals surface area contributed by atoms with E-state index in [9.17, 15) is 18.0 Å². The molecule has 0 aliphatic heterocycles. The van der Waals surface area contributed by atoms with E-state index in [1.807, 2.05) is 40.7 Å². The van der Waals surface area contributed by atoms with Gasteiger partial charge >= 0.3 is 5.97 Å². The van der Waals surface area contributed by atoms with Gasteiger partial charge < -0.3 is 14.8 Å². The molecule has 0 radical (unpaired) electrons. The average molecular weight is 429 g/mol. The van der Waals surface area contributed by atoms with Gasteiger partial charge in [-0.1, -0.05) is 26.0 Å². The number of carbonyl (C=O) groups excluding carboxylic acids is 2. The highest BCUT2D eigenvalue weighted by molar-refractivity contribution is 7.93. The molecule has 164 valence electrons. The number of carbonyl (C=O) groups is 2. The van der Waals surface area contributed by atoms with Crippen LogP contribution in [-0.2, 0) is 35.5 Å². The van der Waals surface area contributed by atoms with Crippen LogP contribution in [0.2, 0.25) is 0 Å². The minimum absolute atomic E-state index is 0.103. The van der Waals surface area contributed by atoms with Crippen molar-refractivity contribution in [1.82, 2.24) is 5.32 Å². The summed E-state index contributed by atoms with van der Waals surface area (Å²) in [6, 6.07) is 5.43. The second-order valence-electron chi connectivity index (χ2n) is 7.94. The van der Waals surface area contributed by atoms with Crippen LogP contribution < -0.4 is 10.0 Å². The molecular weight excluding hydrogens is 396 g/mol. The first-order valence-corrected chi connectivity index (χ1v) is 11.2. The molecule has 2 N–H and O–H groups in total. The lowest BCUT2D eigenvalue weighted by molar-refractivity contribution is -0.140. The summed E-state index contributed by atoms with van der Waals surface area (Å²) >= 11 is 0. The molecule has 1 atom stereocenters. The number of hydrogen-bond donors (Lipinski definition) is 2. The van der Waals surface area contributed by atoms with Gasteiger partial charge in [-0.25, -0.2) is 8.42 Å². The van der Waals surface area contributed by atoms with Gasteiger partial charge in [0.05, 0.1) is 17.9 Å². The van der Waals surface area contributed by atoms with Crippen LogP contribution in [0, 0.1) is 0 Å². The Labute approximate surface area is 173 Å². The summed E-state index contributed by atoms with van der Waals surface area (Å²) in [7, 11) is -3.96. The van der Waals surface area contributed by atoms with E-state index in [0.29, 0.717) is 17.7 Å². The predicted molar refractivity (Wildman–Crippen MR) is 112 cm³/mol. The summed E-state index contributed by atoms with van der Waals surface area (Å²) in [6.07, 6.45) is 0.139. The lowest BCUT2D eigenvalue weighted by Gasteiger charge is -2.28. The summed E-state index contributed by atoms with van der Waals surface area (Å²) in [6.45, 7) is 11.3. The van der Waals surface area contributed by atoms with E-state index in [1.54, 1.807) is 19.1 Å². The van der Waals surface area contributed by atoms with Crippen LogP contribution in [0.5, 0.6) is 0 Å². The Morgan fingerprint density at radius 3 is 2.41 bits per heavy atom. The standard InChI is InChI=1S/C20H32N2O6S/c1-7-27-19(24)12-29(25,26)22-17-10-15(14(2)3)8-9-16(17)11-18(21-13-23)28-20(4,5)6/h8-10,13-14,18,22H,7,11-12H2,1-6H3,(H,21,23). The predicted octanol–water partition coefficient (Wildman–Crippen LogP) is 2.54. The smallest absolute Gasteiger partial charge is 0.323 e. The highest BCUT2D eigenvalue weighted by Gasteiger charge is 2.23. The number of sulfonamides is 1. The minimum atomic E-state index is -3.96. The summed E-state index contributed by atoms with van der Waals surface area (Å²) < 4.78 is 37.9. The topological polar surface area (TPSA) is 111 Å². The molecule has 1 rings (SSSR count). The molecule has 0 saturated heterocycles. The van der Waals surface area contributed by atoms with Crippen LogP contribution in [0.1, 0.15) is 58.6 Å². The summed E-state index contributed by atoms with van der Waals surface area (Å²) in [5, 5.41) is 2.61. The van der Waals surface area contributed by atoms with Gasteiger partial charge in [-0.05, 0) is 50.8 Å². The number of esters is 1. The molecule has 29 heavy (non-hydrogen) atoms. The van der Waals surface area contributed by atoms with E-state index >= 15 is 0 Å². The third-order valence-electron chi connectivity index (χ3n) is 3.83. The van der Waals surface area contributed by atoms with Gasteiger partial charge in [0.2, 0.25) is 16.4 Å². The molecule has 0 aliphatic carbocycles. The van der Waals surface area contributed by atoms with Gasteiger partial charge in [-0.15, -0.1) is 0 Å². The first-order chi connectivity index (χ1) is 13.4. The van der Waals surface area contributed by atoms with E-state index < -0.39 is 33.6 Å².